The van der Waals surface area contributed by atoms with E-state index in [1.165, 1.54) is 16.2 Å². The number of carbonyl (C=O) groups excluding carboxylic acids is 3. The summed E-state index contributed by atoms with van der Waals surface area (Å²) in [6.07, 6.45) is 0. The number of rotatable bonds is 4. The Kier molecular flexibility index (Phi) is 5.44. The zero-order valence-electron chi connectivity index (χ0n) is 17.3. The van der Waals surface area contributed by atoms with Crippen molar-refractivity contribution in [2.75, 3.05) is 11.6 Å². The summed E-state index contributed by atoms with van der Waals surface area (Å²) in [5.41, 5.74) is 2.19. The summed E-state index contributed by atoms with van der Waals surface area (Å²) in [5.74, 6) is -1.29. The molecule has 2 heterocycles. The van der Waals surface area contributed by atoms with Crippen LogP contribution in [0.4, 0.5) is 5.69 Å². The predicted octanol–water partition coefficient (Wildman–Crippen LogP) is 6.42. The molecule has 8 heteroatoms. The minimum atomic E-state index is -0.444. The van der Waals surface area contributed by atoms with Crippen LogP contribution in [0.5, 0.6) is 0 Å². The first-order chi connectivity index (χ1) is 15.8. The predicted molar refractivity (Wildman–Crippen MR) is 132 cm³/mol. The maximum absolute atomic E-state index is 13.7. The average Bonchev–Trinajstić information content (AvgIpc) is 3.26. The second kappa shape index (κ2) is 8.30. The molecular weight excluding hydrogens is 479 g/mol. The second-order valence-corrected chi connectivity index (χ2v) is 9.55. The van der Waals surface area contributed by atoms with Crippen molar-refractivity contribution in [3.8, 4) is 0 Å². The molecule has 0 spiro atoms. The summed E-state index contributed by atoms with van der Waals surface area (Å²) in [6, 6.07) is 19.0. The summed E-state index contributed by atoms with van der Waals surface area (Å²) in [4.78, 5) is 42.4. The van der Waals surface area contributed by atoms with Gasteiger partial charge in [-0.15, -0.1) is 11.3 Å². The van der Waals surface area contributed by atoms with Gasteiger partial charge in [-0.2, -0.15) is 0 Å². The Bertz CT molecular complexity index is 1410. The van der Waals surface area contributed by atoms with Crippen LogP contribution in [0.3, 0.4) is 0 Å². The van der Waals surface area contributed by atoms with E-state index in [9.17, 15) is 14.4 Å². The van der Waals surface area contributed by atoms with Gasteiger partial charge < -0.3 is 0 Å². The number of hydrogen-bond donors (Lipinski definition) is 0. The molecule has 1 aromatic heterocycles. The van der Waals surface area contributed by atoms with E-state index in [2.05, 4.69) is 0 Å². The Labute approximate surface area is 203 Å². The highest BCUT2D eigenvalue weighted by molar-refractivity contribution is 7.21. The normalized spacial score (nSPS) is 13.0. The summed E-state index contributed by atoms with van der Waals surface area (Å²) in [7, 11) is 0. The number of halogens is 2. The average molecular weight is 495 g/mol. The molecule has 5 rings (SSSR count). The Hall–Kier alpha value is -3.19. The van der Waals surface area contributed by atoms with Crippen LogP contribution in [-0.2, 0) is 0 Å². The third kappa shape index (κ3) is 3.70. The molecule has 0 saturated carbocycles. The third-order valence-electron chi connectivity index (χ3n) is 5.52. The highest BCUT2D eigenvalue weighted by Gasteiger charge is 2.38. The smallest absolute Gasteiger partial charge is 0.271 e. The van der Waals surface area contributed by atoms with Crippen molar-refractivity contribution in [2.24, 2.45) is 0 Å². The van der Waals surface area contributed by atoms with Gasteiger partial charge in [-0.3, -0.25) is 24.2 Å². The molecule has 0 bridgehead atoms. The number of imide groups is 1. The highest BCUT2D eigenvalue weighted by atomic mass is 35.5. The quantitative estimate of drug-likeness (QED) is 0.307. The lowest BCUT2D eigenvalue weighted by molar-refractivity contribution is 0.0650. The summed E-state index contributed by atoms with van der Waals surface area (Å²) in [6.45, 7) is 1.72. The molecule has 3 aromatic carbocycles. The maximum Gasteiger partial charge on any atom is 0.271 e. The minimum absolute atomic E-state index is 0.254. The Balaban J connectivity index is 1.57. The molecule has 33 heavy (non-hydrogen) atoms. The van der Waals surface area contributed by atoms with Gasteiger partial charge >= 0.3 is 0 Å². The molecule has 0 aliphatic carbocycles. The standard InChI is InChI=1S/C25H16Cl2N2O3S/c1-14-6-11-19-20(12-14)33-22(21(19)27)25(32)28(16-9-7-15(26)8-10-16)13-29-23(30)17-4-2-3-5-18(17)24(29)31/h2-12H,13H2,1H3. The summed E-state index contributed by atoms with van der Waals surface area (Å²) >= 11 is 13.9. The van der Waals surface area contributed by atoms with Gasteiger partial charge in [0.2, 0.25) is 0 Å². The number of carbonyl (C=O) groups is 3. The number of amides is 3. The van der Waals surface area contributed by atoms with E-state index in [-0.39, 0.29) is 6.67 Å². The topological polar surface area (TPSA) is 57.7 Å². The van der Waals surface area contributed by atoms with E-state index in [0.29, 0.717) is 31.7 Å². The van der Waals surface area contributed by atoms with Crippen LogP contribution in [0.2, 0.25) is 10.0 Å². The third-order valence-corrected chi connectivity index (χ3v) is 7.42. The molecule has 0 unspecified atom stereocenters. The van der Waals surface area contributed by atoms with Crippen LogP contribution in [0, 0.1) is 6.92 Å². The first-order valence-corrected chi connectivity index (χ1v) is 11.6. The zero-order chi connectivity index (χ0) is 23.3. The number of benzene rings is 3. The first kappa shape index (κ1) is 21.6. The number of nitrogens with zero attached hydrogens (tertiary/aromatic N) is 2. The van der Waals surface area contributed by atoms with Crippen LogP contribution >= 0.6 is 34.5 Å². The van der Waals surface area contributed by atoms with Gasteiger partial charge in [-0.1, -0.05) is 47.5 Å². The number of fused-ring (bicyclic) bond motifs is 2. The maximum atomic E-state index is 13.7. The van der Waals surface area contributed by atoms with E-state index >= 15 is 0 Å². The lowest BCUT2D eigenvalue weighted by Crippen LogP contribution is -2.44. The number of thiophene rings is 1. The van der Waals surface area contributed by atoms with Gasteiger partial charge in [0.15, 0.2) is 0 Å². The molecule has 0 radical (unpaired) electrons. The molecule has 0 fully saturated rings. The molecule has 1 aliphatic rings. The molecule has 1 aliphatic heterocycles. The van der Waals surface area contributed by atoms with Crippen molar-refractivity contribution in [3.63, 3.8) is 0 Å². The van der Waals surface area contributed by atoms with Gasteiger partial charge in [-0.25, -0.2) is 0 Å². The van der Waals surface area contributed by atoms with Crippen molar-refractivity contribution in [3.05, 3.63) is 98.3 Å². The van der Waals surface area contributed by atoms with Crippen LogP contribution in [0.15, 0.2) is 66.7 Å². The lowest BCUT2D eigenvalue weighted by Gasteiger charge is -2.27. The van der Waals surface area contributed by atoms with Crippen molar-refractivity contribution in [1.82, 2.24) is 4.90 Å². The van der Waals surface area contributed by atoms with E-state index in [0.717, 1.165) is 20.5 Å². The Morgan fingerprint density at radius 2 is 1.58 bits per heavy atom. The molecule has 5 nitrogen and oxygen atoms in total. The molecule has 0 atom stereocenters. The summed E-state index contributed by atoms with van der Waals surface area (Å²) < 4.78 is 0.889. The second-order valence-electron chi connectivity index (χ2n) is 7.68. The van der Waals surface area contributed by atoms with Crippen LogP contribution in [0.25, 0.3) is 10.1 Å². The lowest BCUT2D eigenvalue weighted by atomic mass is 10.1. The van der Waals surface area contributed by atoms with Crippen LogP contribution < -0.4 is 4.90 Å². The fraction of sp³-hybridized carbons (Fsp3) is 0.0800. The number of aryl methyl sites for hydroxylation is 1. The molecule has 4 aromatic rings. The van der Waals surface area contributed by atoms with Gasteiger partial charge in [0.1, 0.15) is 11.5 Å². The van der Waals surface area contributed by atoms with Crippen molar-refractivity contribution in [2.45, 2.75) is 6.92 Å². The first-order valence-electron chi connectivity index (χ1n) is 10.1. The summed E-state index contributed by atoms with van der Waals surface area (Å²) in [5, 5.41) is 1.64. The fourth-order valence-electron chi connectivity index (χ4n) is 3.83. The van der Waals surface area contributed by atoms with E-state index in [1.54, 1.807) is 48.5 Å². The molecule has 164 valence electrons. The Morgan fingerprint density at radius 3 is 2.21 bits per heavy atom. The van der Waals surface area contributed by atoms with Crippen molar-refractivity contribution < 1.29 is 14.4 Å². The Morgan fingerprint density at radius 1 is 0.939 bits per heavy atom. The van der Waals surface area contributed by atoms with Gasteiger partial charge in [0, 0.05) is 20.8 Å². The fourth-order valence-corrected chi connectivity index (χ4v) is 5.51. The highest BCUT2D eigenvalue weighted by Crippen LogP contribution is 2.37. The van der Waals surface area contributed by atoms with Gasteiger partial charge in [0.25, 0.3) is 17.7 Å². The minimum Gasteiger partial charge on any atom is -0.289 e. The SMILES string of the molecule is Cc1ccc2c(Cl)c(C(=O)N(CN3C(=O)c4ccccc4C3=O)c3ccc(Cl)cc3)sc2c1. The molecular formula is C25H16Cl2N2O3S. The van der Waals surface area contributed by atoms with E-state index in [1.807, 2.05) is 25.1 Å². The van der Waals surface area contributed by atoms with E-state index in [4.69, 9.17) is 23.2 Å². The zero-order valence-corrected chi connectivity index (χ0v) is 19.7. The number of hydrogen-bond acceptors (Lipinski definition) is 4. The van der Waals surface area contributed by atoms with Crippen LogP contribution in [-0.4, -0.2) is 29.3 Å². The van der Waals surface area contributed by atoms with Crippen molar-refractivity contribution in [1.29, 1.82) is 0 Å². The largest absolute Gasteiger partial charge is 0.289 e. The van der Waals surface area contributed by atoms with Gasteiger partial charge in [-0.05, 0) is 55.0 Å². The van der Waals surface area contributed by atoms with E-state index < -0.39 is 17.7 Å². The molecule has 3 amide bonds. The van der Waals surface area contributed by atoms with Gasteiger partial charge in [0.05, 0.1) is 16.1 Å². The molecule has 0 N–H and O–H groups in total. The molecule has 0 saturated heterocycles. The number of anilines is 1. The monoisotopic (exact) mass is 494 g/mol. The van der Waals surface area contributed by atoms with Crippen LogP contribution in [0.1, 0.15) is 36.0 Å². The van der Waals surface area contributed by atoms with Crippen molar-refractivity contribution >= 4 is 68.0 Å².